The summed E-state index contributed by atoms with van der Waals surface area (Å²) in [5.74, 6) is -0.631. The summed E-state index contributed by atoms with van der Waals surface area (Å²) in [5, 5.41) is 14.0. The molecule has 0 aromatic heterocycles. The topological polar surface area (TPSA) is 87.7 Å². The highest BCUT2D eigenvalue weighted by molar-refractivity contribution is 9.10. The molecule has 0 aliphatic heterocycles. The van der Waals surface area contributed by atoms with E-state index in [2.05, 4.69) is 26.6 Å². The predicted molar refractivity (Wildman–Crippen MR) is 79.1 cm³/mol. The fourth-order valence-electron chi connectivity index (χ4n) is 1.57. The Morgan fingerprint density at radius 1 is 1.35 bits per heavy atom. The van der Waals surface area contributed by atoms with Crippen molar-refractivity contribution in [3.63, 3.8) is 0 Å². The maximum absolute atomic E-state index is 11.8. The van der Waals surface area contributed by atoms with Crippen LogP contribution < -0.4 is 15.4 Å². The first-order valence-corrected chi connectivity index (χ1v) is 6.78. The zero-order chi connectivity index (χ0) is 15.3. The lowest BCUT2D eigenvalue weighted by Gasteiger charge is -2.18. The van der Waals surface area contributed by atoms with Crippen LogP contribution in [0.5, 0.6) is 5.75 Å². The first kappa shape index (κ1) is 16.3. The molecule has 0 saturated carbocycles. The molecule has 0 fully saturated rings. The van der Waals surface area contributed by atoms with Crippen molar-refractivity contribution in [2.45, 2.75) is 19.9 Å². The van der Waals surface area contributed by atoms with Crippen molar-refractivity contribution >= 4 is 33.6 Å². The molecular formula is C13H17BrN2O4. The molecule has 20 heavy (non-hydrogen) atoms. The van der Waals surface area contributed by atoms with Crippen molar-refractivity contribution < 1.29 is 19.4 Å². The molecule has 1 rings (SSSR count). The molecule has 0 spiro atoms. The molecule has 0 heterocycles. The number of rotatable bonds is 5. The van der Waals surface area contributed by atoms with Crippen LogP contribution in [0, 0.1) is 5.92 Å². The summed E-state index contributed by atoms with van der Waals surface area (Å²) in [6.07, 6.45) is 0. The van der Waals surface area contributed by atoms with E-state index in [1.54, 1.807) is 39.2 Å². The van der Waals surface area contributed by atoms with Gasteiger partial charge in [-0.25, -0.2) is 9.59 Å². The number of methoxy groups -OCH3 is 1. The lowest BCUT2D eigenvalue weighted by molar-refractivity contribution is -0.140. The Bertz CT molecular complexity index is 505. The van der Waals surface area contributed by atoms with E-state index in [0.29, 0.717) is 15.9 Å². The number of anilines is 1. The lowest BCUT2D eigenvalue weighted by Crippen LogP contribution is -2.46. The van der Waals surface area contributed by atoms with Crippen LogP contribution in [0.2, 0.25) is 0 Å². The number of nitrogens with one attached hydrogen (secondary N) is 2. The smallest absolute Gasteiger partial charge is 0.326 e. The minimum absolute atomic E-state index is 0.208. The van der Waals surface area contributed by atoms with Gasteiger partial charge in [0.15, 0.2) is 0 Å². The SMILES string of the molecule is COc1ccc(NC(=O)N[C@@H](C(=O)O)C(C)C)cc1Br. The van der Waals surface area contributed by atoms with Crippen molar-refractivity contribution in [2.24, 2.45) is 5.92 Å². The Morgan fingerprint density at radius 2 is 2.00 bits per heavy atom. The maximum atomic E-state index is 11.8. The fourth-order valence-corrected chi connectivity index (χ4v) is 2.11. The van der Waals surface area contributed by atoms with Crippen LogP contribution in [0.1, 0.15) is 13.8 Å². The van der Waals surface area contributed by atoms with Crippen LogP contribution in [0.25, 0.3) is 0 Å². The number of hydrogen-bond acceptors (Lipinski definition) is 3. The molecule has 0 unspecified atom stereocenters. The van der Waals surface area contributed by atoms with Crippen molar-refractivity contribution in [3.8, 4) is 5.75 Å². The molecule has 1 aromatic carbocycles. The number of halogens is 1. The number of hydrogen-bond donors (Lipinski definition) is 3. The van der Waals surface area contributed by atoms with E-state index >= 15 is 0 Å². The molecule has 0 radical (unpaired) electrons. The molecule has 110 valence electrons. The second kappa shape index (κ2) is 7.14. The first-order valence-electron chi connectivity index (χ1n) is 5.99. The fraction of sp³-hybridized carbons (Fsp3) is 0.385. The third kappa shape index (κ3) is 4.41. The number of benzene rings is 1. The highest BCUT2D eigenvalue weighted by Gasteiger charge is 2.23. The zero-order valence-electron chi connectivity index (χ0n) is 11.4. The lowest BCUT2D eigenvalue weighted by atomic mass is 10.1. The summed E-state index contributed by atoms with van der Waals surface area (Å²) in [7, 11) is 1.54. The van der Waals surface area contributed by atoms with Crippen molar-refractivity contribution in [3.05, 3.63) is 22.7 Å². The number of amides is 2. The Labute approximate surface area is 125 Å². The van der Waals surface area contributed by atoms with Gasteiger partial charge in [0.05, 0.1) is 11.6 Å². The number of ether oxygens (including phenoxy) is 1. The summed E-state index contributed by atoms with van der Waals surface area (Å²) in [5.41, 5.74) is 0.531. The van der Waals surface area contributed by atoms with Crippen LogP contribution >= 0.6 is 15.9 Å². The Morgan fingerprint density at radius 3 is 2.45 bits per heavy atom. The van der Waals surface area contributed by atoms with Gasteiger partial charge >= 0.3 is 12.0 Å². The average Bonchev–Trinajstić information content (AvgIpc) is 2.35. The number of carbonyl (C=O) groups excluding carboxylic acids is 1. The van der Waals surface area contributed by atoms with Gasteiger partial charge in [-0.1, -0.05) is 13.8 Å². The van der Waals surface area contributed by atoms with Crippen molar-refractivity contribution in [1.29, 1.82) is 0 Å². The average molecular weight is 345 g/mol. The predicted octanol–water partition coefficient (Wildman–Crippen LogP) is 2.69. The Balaban J connectivity index is 2.71. The number of carbonyl (C=O) groups is 2. The van der Waals surface area contributed by atoms with Gasteiger partial charge in [0, 0.05) is 5.69 Å². The summed E-state index contributed by atoms with van der Waals surface area (Å²) in [6.45, 7) is 3.45. The molecule has 1 aromatic rings. The number of urea groups is 1. The van der Waals surface area contributed by atoms with Gasteiger partial charge in [0.25, 0.3) is 0 Å². The van der Waals surface area contributed by atoms with Crippen molar-refractivity contribution in [1.82, 2.24) is 5.32 Å². The largest absolute Gasteiger partial charge is 0.496 e. The van der Waals surface area contributed by atoms with E-state index in [0.717, 1.165) is 0 Å². The van der Waals surface area contributed by atoms with Gasteiger partial charge < -0.3 is 20.5 Å². The molecule has 0 bridgehead atoms. The molecule has 2 amide bonds. The van der Waals surface area contributed by atoms with Crippen LogP contribution in [0.3, 0.4) is 0 Å². The highest BCUT2D eigenvalue weighted by Crippen LogP contribution is 2.27. The zero-order valence-corrected chi connectivity index (χ0v) is 13.0. The van der Waals surface area contributed by atoms with Gasteiger partial charge in [-0.15, -0.1) is 0 Å². The first-order chi connectivity index (χ1) is 9.35. The van der Waals surface area contributed by atoms with E-state index in [-0.39, 0.29) is 5.92 Å². The van der Waals surface area contributed by atoms with E-state index in [1.807, 2.05) is 0 Å². The third-order valence-electron chi connectivity index (χ3n) is 2.63. The molecular weight excluding hydrogens is 328 g/mol. The van der Waals surface area contributed by atoms with E-state index < -0.39 is 18.0 Å². The number of carboxylic acid groups (broad SMARTS) is 1. The molecule has 0 aliphatic rings. The summed E-state index contributed by atoms with van der Waals surface area (Å²) in [6, 6.07) is 3.52. The molecule has 7 heteroatoms. The van der Waals surface area contributed by atoms with Gasteiger partial charge in [0.2, 0.25) is 0 Å². The second-order valence-electron chi connectivity index (χ2n) is 4.51. The van der Waals surface area contributed by atoms with Crippen LogP contribution in [-0.2, 0) is 4.79 Å². The quantitative estimate of drug-likeness (QED) is 0.766. The standard InChI is InChI=1S/C13H17BrN2O4/c1-7(2)11(12(17)18)16-13(19)15-8-4-5-10(20-3)9(14)6-8/h4-7,11H,1-3H3,(H,17,18)(H2,15,16,19)/t11-/m1/s1. The monoisotopic (exact) mass is 344 g/mol. The van der Waals surface area contributed by atoms with E-state index in [1.165, 1.54) is 0 Å². The Hall–Kier alpha value is -1.76. The van der Waals surface area contributed by atoms with Crippen LogP contribution in [0.4, 0.5) is 10.5 Å². The van der Waals surface area contributed by atoms with Crippen LogP contribution in [-0.4, -0.2) is 30.3 Å². The van der Waals surface area contributed by atoms with E-state index in [9.17, 15) is 9.59 Å². The van der Waals surface area contributed by atoms with Crippen molar-refractivity contribution in [2.75, 3.05) is 12.4 Å². The third-order valence-corrected chi connectivity index (χ3v) is 3.25. The number of aliphatic carboxylic acids is 1. The summed E-state index contributed by atoms with van der Waals surface area (Å²) < 4.78 is 5.77. The highest BCUT2D eigenvalue weighted by atomic mass is 79.9. The molecule has 0 saturated heterocycles. The van der Waals surface area contributed by atoms with Crippen LogP contribution in [0.15, 0.2) is 22.7 Å². The molecule has 1 atom stereocenters. The summed E-state index contributed by atoms with van der Waals surface area (Å²) in [4.78, 5) is 22.8. The van der Waals surface area contributed by atoms with Gasteiger partial charge in [-0.2, -0.15) is 0 Å². The molecule has 6 nitrogen and oxygen atoms in total. The second-order valence-corrected chi connectivity index (χ2v) is 5.36. The Kier molecular flexibility index (Phi) is 5.82. The summed E-state index contributed by atoms with van der Waals surface area (Å²) >= 11 is 3.30. The minimum atomic E-state index is -1.06. The molecule has 3 N–H and O–H groups in total. The normalized spacial score (nSPS) is 11.8. The number of carboxylic acids is 1. The van der Waals surface area contributed by atoms with Gasteiger partial charge in [-0.3, -0.25) is 0 Å². The minimum Gasteiger partial charge on any atom is -0.496 e. The molecule has 0 aliphatic carbocycles. The van der Waals surface area contributed by atoms with Gasteiger partial charge in [0.1, 0.15) is 11.8 Å². The van der Waals surface area contributed by atoms with E-state index in [4.69, 9.17) is 9.84 Å². The maximum Gasteiger partial charge on any atom is 0.326 e. The van der Waals surface area contributed by atoms with Gasteiger partial charge in [-0.05, 0) is 40.0 Å².